The van der Waals surface area contributed by atoms with Gasteiger partial charge in [0.05, 0.1) is 20.8 Å². The third-order valence-electron chi connectivity index (χ3n) is 3.27. The summed E-state index contributed by atoms with van der Waals surface area (Å²) in [6.45, 7) is 2.01. The fraction of sp³-hybridized carbons (Fsp3) is 0.200. The fourth-order valence-corrected chi connectivity index (χ4v) is 3.09. The minimum absolute atomic E-state index is 0. The van der Waals surface area contributed by atoms with Gasteiger partial charge in [0.15, 0.2) is 0 Å². The second-order valence-electron chi connectivity index (χ2n) is 5.38. The molecule has 0 atom stereocenters. The molecule has 0 amide bonds. The molecule has 3 rings (SSSR count). The molecule has 1 aromatic carbocycles. The number of nitrogens with zero attached hydrogens (tertiary/aromatic N) is 2. The maximum Gasteiger partial charge on any atom is 0.394 e. The van der Waals surface area contributed by atoms with E-state index in [1.54, 1.807) is 11.3 Å². The number of hydrogen-bond donors (Lipinski definition) is 3. The summed E-state index contributed by atoms with van der Waals surface area (Å²) in [5.41, 5.74) is 9.94. The first-order valence-corrected chi connectivity index (χ1v) is 9.07. The van der Waals surface area contributed by atoms with Gasteiger partial charge in [-0.25, -0.2) is 9.56 Å². The van der Waals surface area contributed by atoms with Gasteiger partial charge in [-0.05, 0) is 30.7 Å². The summed E-state index contributed by atoms with van der Waals surface area (Å²) in [5, 5.41) is 1.19. The third kappa shape index (κ3) is 5.91. The largest absolute Gasteiger partial charge is 1.00 e. The molecule has 1 heterocycles. The van der Waals surface area contributed by atoms with E-state index >= 15 is 0 Å². The Balaban J connectivity index is 0.000000462. The minimum atomic E-state index is -4.67. The van der Waals surface area contributed by atoms with Crippen LogP contribution < -0.4 is 28.1 Å². The van der Waals surface area contributed by atoms with Gasteiger partial charge in [0.2, 0.25) is 5.36 Å². The number of hydrogen-bond acceptors (Lipinski definition) is 5. The molecule has 1 aromatic rings. The zero-order valence-electron chi connectivity index (χ0n) is 13.8. The first-order chi connectivity index (χ1) is 11.0. The zero-order chi connectivity index (χ0) is 18.1. The first kappa shape index (κ1) is 21.3. The number of nitrogens with two attached hydrogens (primary N) is 1. The Morgan fingerprint density at radius 1 is 1.16 bits per heavy atom. The highest BCUT2D eigenvalue weighted by Crippen LogP contribution is 2.31. The summed E-state index contributed by atoms with van der Waals surface area (Å²) >= 11 is 1.74. The van der Waals surface area contributed by atoms with Crippen molar-refractivity contribution in [3.63, 3.8) is 0 Å². The average Bonchev–Trinajstić information content (AvgIpc) is 2.44. The summed E-state index contributed by atoms with van der Waals surface area (Å²) in [6.07, 6.45) is 0. The van der Waals surface area contributed by atoms with Crippen molar-refractivity contribution in [3.8, 4) is 10.6 Å². The van der Waals surface area contributed by atoms with Crippen LogP contribution in [0.15, 0.2) is 30.3 Å². The van der Waals surface area contributed by atoms with E-state index in [1.807, 2.05) is 27.1 Å². The van der Waals surface area contributed by atoms with Crippen LogP contribution in [0, 0.1) is 6.92 Å². The van der Waals surface area contributed by atoms with E-state index < -0.39 is 10.4 Å². The van der Waals surface area contributed by atoms with Crippen molar-refractivity contribution >= 4 is 37.6 Å². The van der Waals surface area contributed by atoms with Crippen LogP contribution in [0.2, 0.25) is 0 Å². The van der Waals surface area contributed by atoms with Crippen LogP contribution >= 0.6 is 11.3 Å². The molecule has 0 bridgehead atoms. The molecule has 0 spiro atoms. The molecule has 0 unspecified atom stereocenters. The van der Waals surface area contributed by atoms with Crippen LogP contribution in [0.25, 0.3) is 20.8 Å². The topological polar surface area (TPSA) is 117 Å². The van der Waals surface area contributed by atoms with E-state index in [-0.39, 0.29) is 12.4 Å². The van der Waals surface area contributed by atoms with E-state index in [9.17, 15) is 0 Å². The van der Waals surface area contributed by atoms with Gasteiger partial charge in [0.1, 0.15) is 14.1 Å². The Hall–Kier alpha value is -1.78. The van der Waals surface area contributed by atoms with Crippen LogP contribution in [0.1, 0.15) is 5.56 Å². The molecule has 7 nitrogen and oxygen atoms in total. The van der Waals surface area contributed by atoms with Crippen molar-refractivity contribution in [2.75, 3.05) is 19.8 Å². The highest BCUT2D eigenvalue weighted by molar-refractivity contribution is 7.79. The lowest BCUT2D eigenvalue weighted by atomic mass is 10.2. The van der Waals surface area contributed by atoms with Gasteiger partial charge in [-0.3, -0.25) is 9.11 Å². The van der Waals surface area contributed by atoms with Crippen LogP contribution in [-0.4, -0.2) is 36.6 Å². The Labute approximate surface area is 155 Å². The van der Waals surface area contributed by atoms with Crippen molar-refractivity contribution < 1.29 is 29.9 Å². The van der Waals surface area contributed by atoms with Crippen LogP contribution in [-0.2, 0) is 10.4 Å². The van der Waals surface area contributed by atoms with Crippen molar-refractivity contribution in [1.82, 2.24) is 9.56 Å². The second-order valence-corrected chi connectivity index (χ2v) is 7.36. The maximum absolute atomic E-state index is 8.74. The van der Waals surface area contributed by atoms with E-state index in [0.29, 0.717) is 0 Å². The van der Waals surface area contributed by atoms with Crippen LogP contribution in [0.4, 0.5) is 5.69 Å². The maximum atomic E-state index is 8.74. The summed E-state index contributed by atoms with van der Waals surface area (Å²) in [5.74, 6) is 0. The fourth-order valence-electron chi connectivity index (χ4n) is 2.06. The molecular formula is C15H18ClN3O4S2. The molecular weight excluding hydrogens is 386 g/mol. The molecule has 0 aromatic heterocycles. The number of anilines is 1. The Morgan fingerprint density at radius 3 is 2.32 bits per heavy atom. The highest BCUT2D eigenvalue weighted by atomic mass is 35.5. The van der Waals surface area contributed by atoms with Gasteiger partial charge in [-0.15, -0.1) is 11.3 Å². The molecule has 0 fully saturated rings. The Bertz CT molecular complexity index is 1040. The van der Waals surface area contributed by atoms with Crippen molar-refractivity contribution in [2.24, 2.45) is 0 Å². The highest BCUT2D eigenvalue weighted by Gasteiger charge is 2.09. The number of nitrogen functional groups attached to an aromatic ring is 1. The van der Waals surface area contributed by atoms with Gasteiger partial charge in [-0.2, -0.15) is 8.42 Å². The summed E-state index contributed by atoms with van der Waals surface area (Å²) in [6, 6.07) is 10.4. The zero-order valence-corrected chi connectivity index (χ0v) is 16.2. The van der Waals surface area contributed by atoms with E-state index in [2.05, 4.69) is 28.8 Å². The second kappa shape index (κ2) is 8.07. The molecule has 1 aliphatic heterocycles. The average molecular weight is 404 g/mol. The quantitative estimate of drug-likeness (QED) is 0.185. The lowest BCUT2D eigenvalue weighted by Gasteiger charge is -2.07. The molecule has 0 saturated carbocycles. The predicted octanol–water partition coefficient (Wildman–Crippen LogP) is -1.33. The normalized spacial score (nSPS) is 10.8. The summed E-state index contributed by atoms with van der Waals surface area (Å²) < 4.78 is 34.8. The molecule has 0 saturated heterocycles. The predicted molar refractivity (Wildman–Crippen MR) is 96.7 cm³/mol. The lowest BCUT2D eigenvalue weighted by molar-refractivity contribution is -0.0000117. The SMILES string of the molecule is Cc1cc2nc3ccc(=[N+](C)C)cc-3sc2cc1N.O=S(=O)(O)O.[Cl-]. The van der Waals surface area contributed by atoms with Gasteiger partial charge < -0.3 is 18.1 Å². The smallest absolute Gasteiger partial charge is 0.394 e. The first-order valence-electron chi connectivity index (χ1n) is 6.85. The number of halogens is 1. The van der Waals surface area contributed by atoms with Gasteiger partial charge in [0, 0.05) is 17.8 Å². The number of fused-ring (bicyclic) bond motifs is 2. The molecule has 0 radical (unpaired) electrons. The monoisotopic (exact) mass is 403 g/mol. The van der Waals surface area contributed by atoms with E-state index in [0.717, 1.165) is 27.2 Å². The standard InChI is InChI=1S/C15H15N3S.ClH.H2O4S/c1-9-6-13-15(8-11(9)16)19-14-7-10(18(2)3)4-5-12(14)17-13;;1-5(2,3)4/h4-8,16H,1-3H3;1H;(H2,1,2,3,4). The molecule has 2 aliphatic rings. The van der Waals surface area contributed by atoms with Crippen LogP contribution in [0.5, 0.6) is 0 Å². The third-order valence-corrected chi connectivity index (χ3v) is 4.36. The summed E-state index contributed by atoms with van der Waals surface area (Å²) in [4.78, 5) is 5.90. The Morgan fingerprint density at radius 2 is 1.76 bits per heavy atom. The molecule has 10 heteroatoms. The molecule has 4 N–H and O–H groups in total. The lowest BCUT2D eigenvalue weighted by Crippen LogP contribution is -3.00. The Kier molecular flexibility index (Phi) is 6.86. The molecule has 136 valence electrons. The van der Waals surface area contributed by atoms with Crippen molar-refractivity contribution in [3.05, 3.63) is 41.3 Å². The number of aromatic nitrogens is 1. The number of benzene rings is 2. The number of rotatable bonds is 0. The number of aryl methyl sites for hydroxylation is 1. The van der Waals surface area contributed by atoms with E-state index in [4.69, 9.17) is 28.2 Å². The van der Waals surface area contributed by atoms with E-state index in [1.165, 1.54) is 10.2 Å². The summed E-state index contributed by atoms with van der Waals surface area (Å²) in [7, 11) is -0.580. The van der Waals surface area contributed by atoms with Crippen molar-refractivity contribution in [1.29, 1.82) is 0 Å². The van der Waals surface area contributed by atoms with Gasteiger partial charge in [-0.1, -0.05) is 0 Å². The molecule has 1 aliphatic carbocycles. The van der Waals surface area contributed by atoms with Crippen LogP contribution in [0.3, 0.4) is 0 Å². The van der Waals surface area contributed by atoms with Gasteiger partial charge in [0.25, 0.3) is 0 Å². The van der Waals surface area contributed by atoms with Crippen molar-refractivity contribution in [2.45, 2.75) is 6.92 Å². The van der Waals surface area contributed by atoms with Gasteiger partial charge >= 0.3 is 10.4 Å². The minimum Gasteiger partial charge on any atom is -1.00 e. The molecule has 25 heavy (non-hydrogen) atoms.